The third-order valence-corrected chi connectivity index (χ3v) is 2.56. The van der Waals surface area contributed by atoms with E-state index >= 15 is 0 Å². The van der Waals surface area contributed by atoms with Gasteiger partial charge in [0.2, 0.25) is 0 Å². The van der Waals surface area contributed by atoms with Crippen LogP contribution >= 0.6 is 0 Å². The zero-order chi connectivity index (χ0) is 11.5. The highest BCUT2D eigenvalue weighted by Crippen LogP contribution is 2.31. The van der Waals surface area contributed by atoms with Gasteiger partial charge in [-0.2, -0.15) is 0 Å². The van der Waals surface area contributed by atoms with E-state index in [-0.39, 0.29) is 18.1 Å². The molecule has 0 aromatic carbocycles. The van der Waals surface area contributed by atoms with Crippen LogP contribution in [0.15, 0.2) is 18.5 Å². The Labute approximate surface area is 88.9 Å². The molecule has 0 fully saturated rings. The van der Waals surface area contributed by atoms with Crippen molar-refractivity contribution in [3.63, 3.8) is 0 Å². The first-order valence-electron chi connectivity index (χ1n) is 4.83. The van der Waals surface area contributed by atoms with Gasteiger partial charge in [-0.25, -0.2) is 4.39 Å². The van der Waals surface area contributed by atoms with Crippen molar-refractivity contribution in [3.05, 3.63) is 29.8 Å². The molecule has 84 valence electrons. The minimum absolute atomic E-state index is 0.0611. The molecule has 0 aliphatic heterocycles. The maximum atomic E-state index is 13.5. The highest BCUT2D eigenvalue weighted by atomic mass is 19.1. The predicted octanol–water partition coefficient (Wildman–Crippen LogP) is 1.71. The molecule has 1 heterocycles. The summed E-state index contributed by atoms with van der Waals surface area (Å²) in [5, 5.41) is 10.3. The Bertz CT molecular complexity index is 330. The van der Waals surface area contributed by atoms with Gasteiger partial charge >= 0.3 is 0 Å². The van der Waals surface area contributed by atoms with Crippen LogP contribution in [-0.2, 0) is 10.3 Å². The van der Waals surface area contributed by atoms with E-state index in [4.69, 9.17) is 4.74 Å². The summed E-state index contributed by atoms with van der Waals surface area (Å²) in [6, 6.07) is 1.48. The summed E-state index contributed by atoms with van der Waals surface area (Å²) in [5.41, 5.74) is -1.07. The fourth-order valence-corrected chi connectivity index (χ4v) is 1.50. The van der Waals surface area contributed by atoms with E-state index in [2.05, 4.69) is 4.98 Å². The van der Waals surface area contributed by atoms with E-state index in [1.165, 1.54) is 19.4 Å². The minimum Gasteiger partial charge on any atom is -0.382 e. The zero-order valence-corrected chi connectivity index (χ0v) is 9.20. The highest BCUT2D eigenvalue weighted by Gasteiger charge is 2.35. The monoisotopic (exact) mass is 213 g/mol. The molecular weight excluding hydrogens is 197 g/mol. The second-order valence-corrected chi connectivity index (χ2v) is 3.87. The third-order valence-electron chi connectivity index (χ3n) is 2.56. The molecule has 1 aromatic rings. The molecule has 0 spiro atoms. The smallest absolute Gasteiger partial charge is 0.147 e. The number of halogens is 1. The SMILES string of the molecule is COCC(O)(c1ccncc1F)C(C)C. The Morgan fingerprint density at radius 3 is 2.73 bits per heavy atom. The van der Waals surface area contributed by atoms with E-state index in [1.807, 2.05) is 13.8 Å². The largest absolute Gasteiger partial charge is 0.382 e. The Hall–Kier alpha value is -1.00. The number of pyridine rings is 1. The first-order valence-corrected chi connectivity index (χ1v) is 4.83. The fourth-order valence-electron chi connectivity index (χ4n) is 1.50. The van der Waals surface area contributed by atoms with Crippen molar-refractivity contribution in [2.45, 2.75) is 19.4 Å². The van der Waals surface area contributed by atoms with E-state index in [0.29, 0.717) is 0 Å². The molecule has 0 aliphatic rings. The average Bonchev–Trinajstić information content (AvgIpc) is 2.18. The molecule has 0 amide bonds. The van der Waals surface area contributed by atoms with Crippen LogP contribution in [0.4, 0.5) is 4.39 Å². The van der Waals surface area contributed by atoms with Crippen LogP contribution in [0.25, 0.3) is 0 Å². The molecule has 1 aromatic heterocycles. The summed E-state index contributed by atoms with van der Waals surface area (Å²) in [7, 11) is 1.48. The maximum Gasteiger partial charge on any atom is 0.147 e. The van der Waals surface area contributed by atoms with Crippen molar-refractivity contribution >= 4 is 0 Å². The number of aliphatic hydroxyl groups is 1. The second-order valence-electron chi connectivity index (χ2n) is 3.87. The van der Waals surface area contributed by atoms with Gasteiger partial charge in [-0.05, 0) is 12.0 Å². The lowest BCUT2D eigenvalue weighted by Crippen LogP contribution is -2.37. The van der Waals surface area contributed by atoms with Gasteiger partial charge in [-0.3, -0.25) is 4.98 Å². The van der Waals surface area contributed by atoms with Crippen LogP contribution in [0.1, 0.15) is 19.4 Å². The van der Waals surface area contributed by atoms with Gasteiger partial charge in [0.05, 0.1) is 12.8 Å². The number of aromatic nitrogens is 1. The lowest BCUT2D eigenvalue weighted by Gasteiger charge is -2.31. The zero-order valence-electron chi connectivity index (χ0n) is 9.20. The molecule has 0 saturated heterocycles. The van der Waals surface area contributed by atoms with Gasteiger partial charge in [-0.15, -0.1) is 0 Å². The molecule has 4 heteroatoms. The number of hydrogen-bond acceptors (Lipinski definition) is 3. The molecule has 3 nitrogen and oxygen atoms in total. The van der Waals surface area contributed by atoms with Crippen molar-refractivity contribution in [1.29, 1.82) is 0 Å². The Morgan fingerprint density at radius 1 is 1.60 bits per heavy atom. The van der Waals surface area contributed by atoms with Gasteiger partial charge in [0.15, 0.2) is 0 Å². The molecule has 1 N–H and O–H groups in total. The van der Waals surface area contributed by atoms with E-state index in [0.717, 1.165) is 6.20 Å². The Kier molecular flexibility index (Phi) is 3.77. The average molecular weight is 213 g/mol. The Balaban J connectivity index is 3.15. The van der Waals surface area contributed by atoms with Gasteiger partial charge < -0.3 is 9.84 Å². The standard InChI is InChI=1S/C11H16FNO2/c1-8(2)11(14,7-15-3)9-4-5-13-6-10(9)12/h4-6,8,14H,7H2,1-3H3. The first-order chi connectivity index (χ1) is 7.02. The highest BCUT2D eigenvalue weighted by molar-refractivity contribution is 5.22. The van der Waals surface area contributed by atoms with Crippen LogP contribution in [-0.4, -0.2) is 23.8 Å². The van der Waals surface area contributed by atoms with Crippen LogP contribution in [0, 0.1) is 11.7 Å². The molecule has 0 aliphatic carbocycles. The number of methoxy groups -OCH3 is 1. The lowest BCUT2D eigenvalue weighted by atomic mass is 9.84. The van der Waals surface area contributed by atoms with Crippen LogP contribution in [0.2, 0.25) is 0 Å². The number of rotatable bonds is 4. The maximum absolute atomic E-state index is 13.5. The summed E-state index contributed by atoms with van der Waals surface area (Å²) >= 11 is 0. The molecule has 0 saturated carbocycles. The molecule has 15 heavy (non-hydrogen) atoms. The second kappa shape index (κ2) is 4.68. The van der Waals surface area contributed by atoms with Crippen molar-refractivity contribution in [2.75, 3.05) is 13.7 Å². The number of ether oxygens (including phenoxy) is 1. The summed E-state index contributed by atoms with van der Waals surface area (Å²) in [6.07, 6.45) is 2.56. The molecular formula is C11H16FNO2. The molecule has 0 radical (unpaired) electrons. The van der Waals surface area contributed by atoms with Crippen molar-refractivity contribution in [1.82, 2.24) is 4.98 Å². The number of nitrogens with zero attached hydrogens (tertiary/aromatic N) is 1. The van der Waals surface area contributed by atoms with E-state index < -0.39 is 11.4 Å². The fraction of sp³-hybridized carbons (Fsp3) is 0.545. The van der Waals surface area contributed by atoms with Crippen LogP contribution in [0.3, 0.4) is 0 Å². The van der Waals surface area contributed by atoms with Gasteiger partial charge in [0.1, 0.15) is 11.4 Å². The molecule has 1 rings (SSSR count). The summed E-state index contributed by atoms with van der Waals surface area (Å²) in [6.45, 7) is 3.70. The Morgan fingerprint density at radius 2 is 2.27 bits per heavy atom. The lowest BCUT2D eigenvalue weighted by molar-refractivity contribution is -0.0723. The van der Waals surface area contributed by atoms with E-state index in [9.17, 15) is 9.50 Å². The van der Waals surface area contributed by atoms with Crippen molar-refractivity contribution in [3.8, 4) is 0 Å². The van der Waals surface area contributed by atoms with Crippen molar-refractivity contribution < 1.29 is 14.2 Å². The predicted molar refractivity (Wildman–Crippen MR) is 54.8 cm³/mol. The van der Waals surface area contributed by atoms with Crippen LogP contribution in [0.5, 0.6) is 0 Å². The van der Waals surface area contributed by atoms with Crippen LogP contribution < -0.4 is 0 Å². The quantitative estimate of drug-likeness (QED) is 0.828. The number of hydrogen-bond donors (Lipinski definition) is 1. The van der Waals surface area contributed by atoms with E-state index in [1.54, 1.807) is 0 Å². The van der Waals surface area contributed by atoms with Gasteiger partial charge in [0, 0.05) is 18.9 Å². The molecule has 1 unspecified atom stereocenters. The summed E-state index contributed by atoms with van der Waals surface area (Å²) in [5.74, 6) is -0.653. The molecule has 0 bridgehead atoms. The third kappa shape index (κ3) is 2.33. The van der Waals surface area contributed by atoms with Crippen molar-refractivity contribution in [2.24, 2.45) is 5.92 Å². The first kappa shape index (κ1) is 12.1. The van der Waals surface area contributed by atoms with Gasteiger partial charge in [-0.1, -0.05) is 13.8 Å². The van der Waals surface area contributed by atoms with Gasteiger partial charge in [0.25, 0.3) is 0 Å². The normalized spacial score (nSPS) is 15.3. The summed E-state index contributed by atoms with van der Waals surface area (Å²) in [4.78, 5) is 3.65. The topological polar surface area (TPSA) is 42.4 Å². The minimum atomic E-state index is -1.30. The molecule has 1 atom stereocenters. The summed E-state index contributed by atoms with van der Waals surface area (Å²) < 4.78 is 18.4.